The Labute approximate surface area is 387 Å². The Balaban J connectivity index is 1.12. The molecule has 65 heavy (non-hydrogen) atoms. The Morgan fingerprint density at radius 2 is 0.677 bits per heavy atom. The summed E-state index contributed by atoms with van der Waals surface area (Å²) in [4.78, 5) is 1.90. The first-order chi connectivity index (χ1) is 34.3. The number of fused-ring (bicyclic) bond motifs is 8. The molecule has 2 atom stereocenters. The Morgan fingerprint density at radius 3 is 1.15 bits per heavy atom. The van der Waals surface area contributed by atoms with Crippen molar-refractivity contribution in [3.63, 3.8) is 0 Å². The maximum absolute atomic E-state index is 9.61. The largest absolute Gasteiger partial charge is 0.310 e. The van der Waals surface area contributed by atoms with Crippen LogP contribution < -0.4 is 4.90 Å². The van der Waals surface area contributed by atoms with Gasteiger partial charge in [0.25, 0.3) is 0 Å². The van der Waals surface area contributed by atoms with Gasteiger partial charge < -0.3 is 4.90 Å². The summed E-state index contributed by atoms with van der Waals surface area (Å²) in [7, 11) is 0. The Kier molecular flexibility index (Phi) is 7.31. The highest BCUT2D eigenvalue weighted by molar-refractivity contribution is 5.94. The number of hydrogen-bond acceptors (Lipinski definition) is 1. The van der Waals surface area contributed by atoms with E-state index < -0.39 is 29.0 Å². The second-order valence-corrected chi connectivity index (χ2v) is 17.2. The van der Waals surface area contributed by atoms with Gasteiger partial charge in [-0.2, -0.15) is 0 Å². The van der Waals surface area contributed by atoms with Crippen LogP contribution in [0, 0.1) is 0 Å². The highest BCUT2D eigenvalue weighted by Crippen LogP contribution is 2.60. The number of para-hydroxylation sites is 1. The van der Waals surface area contributed by atoms with E-state index in [9.17, 15) is 2.74 Å². The summed E-state index contributed by atoms with van der Waals surface area (Å²) in [5, 5.41) is 4.56. The van der Waals surface area contributed by atoms with Gasteiger partial charge in [-0.3, -0.25) is 0 Å². The summed E-state index contributed by atoms with van der Waals surface area (Å²) in [6, 6.07) is 80.0. The average Bonchev–Trinajstić information content (AvgIpc) is 3.89. The summed E-state index contributed by atoms with van der Waals surface area (Å²) in [5.41, 5.74) is 13.0. The number of hydrogen-bond donors (Lipinski definition) is 0. The number of rotatable bonds is 7. The summed E-state index contributed by atoms with van der Waals surface area (Å²) in [6.07, 6.45) is 0. The van der Waals surface area contributed by atoms with E-state index in [1.54, 1.807) is 0 Å². The molecule has 0 fully saturated rings. The van der Waals surface area contributed by atoms with Crippen molar-refractivity contribution >= 4 is 38.6 Å². The predicted octanol–water partition coefficient (Wildman–Crippen LogP) is 16.2. The number of benzene rings is 11. The highest BCUT2D eigenvalue weighted by atomic mass is 15.1. The zero-order chi connectivity index (χ0) is 47.3. The van der Waals surface area contributed by atoms with Gasteiger partial charge in [0.15, 0.2) is 0 Å². The van der Waals surface area contributed by atoms with E-state index in [1.165, 1.54) is 0 Å². The van der Waals surface area contributed by atoms with Gasteiger partial charge in [0.2, 0.25) is 0 Å². The summed E-state index contributed by atoms with van der Waals surface area (Å²) in [6.45, 7) is 0. The van der Waals surface area contributed by atoms with Crippen LogP contribution in [0.1, 0.15) is 51.4 Å². The molecular weight excluding hydrogens is 783 g/mol. The van der Waals surface area contributed by atoms with Crippen molar-refractivity contribution in [2.24, 2.45) is 0 Å². The lowest BCUT2D eigenvalue weighted by molar-refractivity contribution is 0.769. The van der Waals surface area contributed by atoms with Crippen molar-refractivity contribution in [3.05, 3.63) is 305 Å². The van der Waals surface area contributed by atoms with Crippen LogP contribution in [-0.4, -0.2) is 0 Å². The molecule has 0 aliphatic heterocycles. The molecule has 0 amide bonds. The molecule has 0 spiro atoms. The third kappa shape index (κ3) is 5.46. The fourth-order valence-corrected chi connectivity index (χ4v) is 11.4. The van der Waals surface area contributed by atoms with Gasteiger partial charge in [0.1, 0.15) is 0 Å². The SMILES string of the molecule is [2H]c1c([2H])c([2H])c(N(c2ccc3c(c2)C(c2ccccc2)(c2ccc4ccccc4c2)c2ccccc2-3)c2ccc3c(c2)C(c2ccccc2)(c2ccc4ccccc4c2)c2ccccc2-3)c([2H])c1[2H]. The predicted molar refractivity (Wildman–Crippen MR) is 271 cm³/mol. The zero-order valence-corrected chi connectivity index (χ0v) is 35.4. The first kappa shape index (κ1) is 32.4. The van der Waals surface area contributed by atoms with E-state index in [-0.39, 0.29) is 17.8 Å². The van der Waals surface area contributed by atoms with E-state index in [1.807, 2.05) is 17.0 Å². The van der Waals surface area contributed by atoms with Gasteiger partial charge >= 0.3 is 0 Å². The molecule has 0 heterocycles. The van der Waals surface area contributed by atoms with Crippen LogP contribution in [0.2, 0.25) is 0 Å². The van der Waals surface area contributed by atoms with E-state index in [0.29, 0.717) is 11.4 Å². The molecule has 1 heteroatoms. The maximum atomic E-state index is 9.61. The van der Waals surface area contributed by atoms with Crippen molar-refractivity contribution in [2.45, 2.75) is 10.8 Å². The van der Waals surface area contributed by atoms with Crippen LogP contribution in [-0.2, 0) is 10.8 Å². The van der Waals surface area contributed by atoms with Gasteiger partial charge in [-0.25, -0.2) is 0 Å². The molecule has 13 rings (SSSR count). The molecule has 0 aromatic heterocycles. The molecule has 2 aliphatic rings. The molecule has 1 nitrogen and oxygen atoms in total. The number of anilines is 3. The second kappa shape index (κ2) is 14.7. The monoisotopic (exact) mass is 830 g/mol. The van der Waals surface area contributed by atoms with E-state index in [4.69, 9.17) is 4.11 Å². The fraction of sp³-hybridized carbons (Fsp3) is 0.0312. The van der Waals surface area contributed by atoms with E-state index in [2.05, 4.69) is 218 Å². The van der Waals surface area contributed by atoms with Crippen molar-refractivity contribution in [1.82, 2.24) is 0 Å². The Hall–Kier alpha value is -8.26. The molecule has 2 aliphatic carbocycles. The van der Waals surface area contributed by atoms with Crippen molar-refractivity contribution in [1.29, 1.82) is 0 Å². The molecule has 0 radical (unpaired) electrons. The molecule has 304 valence electrons. The first-order valence-electron chi connectivity index (χ1n) is 24.8. The lowest BCUT2D eigenvalue weighted by Gasteiger charge is -2.36. The summed E-state index contributed by atoms with van der Waals surface area (Å²) >= 11 is 0. The van der Waals surface area contributed by atoms with Crippen molar-refractivity contribution in [2.75, 3.05) is 4.90 Å². The molecule has 11 aromatic carbocycles. The number of nitrogens with zero attached hydrogens (tertiary/aromatic N) is 1. The van der Waals surface area contributed by atoms with Gasteiger partial charge in [-0.15, -0.1) is 0 Å². The molecule has 0 saturated heterocycles. The Morgan fingerprint density at radius 1 is 0.277 bits per heavy atom. The van der Waals surface area contributed by atoms with Gasteiger partial charge in [-0.05, 0) is 137 Å². The average molecular weight is 831 g/mol. The van der Waals surface area contributed by atoms with Crippen molar-refractivity contribution < 1.29 is 6.85 Å². The van der Waals surface area contributed by atoms with Crippen LogP contribution >= 0.6 is 0 Å². The fourth-order valence-electron chi connectivity index (χ4n) is 11.4. The molecule has 0 saturated carbocycles. The first-order valence-corrected chi connectivity index (χ1v) is 22.3. The van der Waals surface area contributed by atoms with Crippen molar-refractivity contribution in [3.8, 4) is 22.3 Å². The third-order valence-corrected chi connectivity index (χ3v) is 14.1. The van der Waals surface area contributed by atoms with Gasteiger partial charge in [0, 0.05) is 17.1 Å². The molecule has 0 N–H and O–H groups in total. The third-order valence-electron chi connectivity index (χ3n) is 14.1. The van der Waals surface area contributed by atoms with Crippen LogP contribution in [0.5, 0.6) is 0 Å². The standard InChI is InChI=1S/C64H43N/c1-4-22-48(23-5-1)63(50-34-32-44-18-10-12-20-46(44)40-50)59-30-16-14-28-55(59)57-38-36-53(42-61(57)63)65(52-26-8-3-9-27-52)54-37-39-58-56-29-15-17-31-60(56)64(62(58)43-54,49-24-6-2-7-25-49)51-35-33-45-19-11-13-21-47(45)41-51/h1-43H/i3D,8D,9D,26D,27D. The lowest BCUT2D eigenvalue weighted by atomic mass is 9.67. The highest BCUT2D eigenvalue weighted by Gasteiger charge is 2.48. The minimum Gasteiger partial charge on any atom is -0.310 e. The second-order valence-electron chi connectivity index (χ2n) is 17.2. The van der Waals surface area contributed by atoms with Gasteiger partial charge in [0.05, 0.1) is 17.7 Å². The summed E-state index contributed by atoms with van der Waals surface area (Å²) in [5.74, 6) is 0. The quantitative estimate of drug-likeness (QED) is 0.155. The molecular formula is C64H43N. The smallest absolute Gasteiger partial charge is 0.0714 e. The minimum absolute atomic E-state index is 0.0731. The van der Waals surface area contributed by atoms with Crippen LogP contribution in [0.15, 0.2) is 261 Å². The lowest BCUT2D eigenvalue weighted by Crippen LogP contribution is -2.29. The molecule has 2 unspecified atom stereocenters. The normalized spacial score (nSPS) is 17.8. The zero-order valence-electron chi connectivity index (χ0n) is 40.4. The molecule has 0 bridgehead atoms. The van der Waals surface area contributed by atoms with Crippen LogP contribution in [0.4, 0.5) is 17.1 Å². The topological polar surface area (TPSA) is 3.24 Å². The van der Waals surface area contributed by atoms with E-state index >= 15 is 0 Å². The molecule has 11 aromatic rings. The summed E-state index contributed by atoms with van der Waals surface area (Å²) < 4.78 is 46.0. The van der Waals surface area contributed by atoms with Crippen LogP contribution in [0.3, 0.4) is 0 Å². The minimum atomic E-state index is -0.781. The maximum Gasteiger partial charge on any atom is 0.0714 e. The van der Waals surface area contributed by atoms with Crippen LogP contribution in [0.25, 0.3) is 43.8 Å². The Bertz CT molecular complexity index is 3670. The van der Waals surface area contributed by atoms with Gasteiger partial charge in [-0.1, -0.05) is 212 Å². The van der Waals surface area contributed by atoms with E-state index in [0.717, 1.165) is 88.3 Å².